The van der Waals surface area contributed by atoms with Crippen molar-refractivity contribution in [3.8, 4) is 0 Å². The number of nitrogens with zero attached hydrogens (tertiary/aromatic N) is 1. The summed E-state index contributed by atoms with van der Waals surface area (Å²) in [5.74, 6) is 0. The molecular weight excluding hydrogens is 277 g/mol. The predicted molar refractivity (Wildman–Crippen MR) is 81.0 cm³/mol. The monoisotopic (exact) mass is 287 g/mol. The molecule has 0 aliphatic heterocycles. The average molecular weight is 288 g/mol. The van der Waals surface area contributed by atoms with E-state index in [1.807, 2.05) is 48.7 Å². The molecular formula is C16H11Cl2N. The van der Waals surface area contributed by atoms with Crippen molar-refractivity contribution in [2.24, 2.45) is 0 Å². The van der Waals surface area contributed by atoms with E-state index in [0.717, 1.165) is 32.9 Å². The first kappa shape index (κ1) is 12.5. The lowest BCUT2D eigenvalue weighted by Crippen LogP contribution is -1.92. The quantitative estimate of drug-likeness (QED) is 0.636. The van der Waals surface area contributed by atoms with Crippen LogP contribution in [0.15, 0.2) is 54.7 Å². The summed E-state index contributed by atoms with van der Waals surface area (Å²) in [4.78, 5) is 4.48. The fourth-order valence-corrected chi connectivity index (χ4v) is 2.37. The molecule has 3 heteroatoms. The summed E-state index contributed by atoms with van der Waals surface area (Å²) >= 11 is 11.9. The highest BCUT2D eigenvalue weighted by Gasteiger charge is 2.01. The van der Waals surface area contributed by atoms with Gasteiger partial charge in [-0.25, -0.2) is 0 Å². The van der Waals surface area contributed by atoms with Crippen LogP contribution in [0.5, 0.6) is 0 Å². The van der Waals surface area contributed by atoms with Gasteiger partial charge in [-0.3, -0.25) is 4.98 Å². The Balaban J connectivity index is 1.94. The van der Waals surface area contributed by atoms with Gasteiger partial charge in [0, 0.05) is 33.7 Å². The van der Waals surface area contributed by atoms with Crippen LogP contribution in [-0.2, 0) is 6.42 Å². The van der Waals surface area contributed by atoms with E-state index in [2.05, 4.69) is 11.1 Å². The molecule has 3 rings (SSSR count). The Morgan fingerprint density at radius 3 is 2.32 bits per heavy atom. The van der Waals surface area contributed by atoms with Gasteiger partial charge in [-0.1, -0.05) is 41.4 Å². The molecule has 0 atom stereocenters. The minimum atomic E-state index is 0.746. The molecule has 0 N–H and O–H groups in total. The number of aromatic nitrogens is 1. The van der Waals surface area contributed by atoms with Crippen molar-refractivity contribution in [2.75, 3.05) is 0 Å². The maximum absolute atomic E-state index is 6.01. The second-order valence-electron chi connectivity index (χ2n) is 4.47. The zero-order valence-corrected chi connectivity index (χ0v) is 11.6. The van der Waals surface area contributed by atoms with Gasteiger partial charge in [0.25, 0.3) is 0 Å². The summed E-state index contributed by atoms with van der Waals surface area (Å²) in [5.41, 5.74) is 2.22. The van der Waals surface area contributed by atoms with E-state index < -0.39 is 0 Å². The van der Waals surface area contributed by atoms with Crippen LogP contribution in [0.2, 0.25) is 10.0 Å². The maximum atomic E-state index is 6.01. The van der Waals surface area contributed by atoms with Crippen LogP contribution < -0.4 is 0 Å². The molecule has 3 aromatic rings. The molecule has 0 radical (unpaired) electrons. The normalized spacial score (nSPS) is 10.8. The Bertz CT molecular complexity index is 720. The summed E-state index contributed by atoms with van der Waals surface area (Å²) in [7, 11) is 0. The number of rotatable bonds is 2. The number of hydrogen-bond acceptors (Lipinski definition) is 1. The molecule has 0 saturated carbocycles. The molecule has 0 bridgehead atoms. The van der Waals surface area contributed by atoms with Crippen LogP contribution in [0, 0.1) is 0 Å². The van der Waals surface area contributed by atoms with Gasteiger partial charge in [-0.2, -0.15) is 0 Å². The Morgan fingerprint density at radius 1 is 0.789 bits per heavy atom. The predicted octanol–water partition coefficient (Wildman–Crippen LogP) is 5.13. The molecule has 94 valence electrons. The largest absolute Gasteiger partial charge is 0.260 e. The highest BCUT2D eigenvalue weighted by molar-refractivity contribution is 6.31. The van der Waals surface area contributed by atoms with Gasteiger partial charge in [-0.05, 0) is 41.3 Å². The van der Waals surface area contributed by atoms with Gasteiger partial charge in [0.05, 0.1) is 0 Å². The second kappa shape index (κ2) is 5.20. The topological polar surface area (TPSA) is 12.9 Å². The number of fused-ring (bicyclic) bond motifs is 1. The van der Waals surface area contributed by atoms with Crippen LogP contribution in [0.1, 0.15) is 11.3 Å². The summed E-state index contributed by atoms with van der Waals surface area (Å²) < 4.78 is 0. The van der Waals surface area contributed by atoms with Crippen molar-refractivity contribution in [3.63, 3.8) is 0 Å². The SMILES string of the molecule is Clc1ccc(Cc2cc3cc(Cl)ccc3cn2)cc1. The number of pyridine rings is 1. The zero-order valence-electron chi connectivity index (χ0n) is 10.1. The molecule has 0 aliphatic carbocycles. The minimum Gasteiger partial charge on any atom is -0.260 e. The molecule has 0 amide bonds. The van der Waals surface area contributed by atoms with Gasteiger partial charge in [0.15, 0.2) is 0 Å². The first-order valence-corrected chi connectivity index (χ1v) is 6.75. The Kier molecular flexibility index (Phi) is 3.41. The van der Waals surface area contributed by atoms with Gasteiger partial charge in [-0.15, -0.1) is 0 Å². The van der Waals surface area contributed by atoms with Gasteiger partial charge < -0.3 is 0 Å². The van der Waals surface area contributed by atoms with E-state index in [-0.39, 0.29) is 0 Å². The summed E-state index contributed by atoms with van der Waals surface area (Å²) in [6.45, 7) is 0. The second-order valence-corrected chi connectivity index (χ2v) is 5.34. The van der Waals surface area contributed by atoms with Crippen molar-refractivity contribution in [1.82, 2.24) is 4.98 Å². The zero-order chi connectivity index (χ0) is 13.2. The molecule has 0 saturated heterocycles. The lowest BCUT2D eigenvalue weighted by Gasteiger charge is -2.04. The summed E-state index contributed by atoms with van der Waals surface area (Å²) in [6, 6.07) is 15.7. The molecule has 0 fully saturated rings. The van der Waals surface area contributed by atoms with E-state index in [9.17, 15) is 0 Å². The van der Waals surface area contributed by atoms with Crippen molar-refractivity contribution in [3.05, 3.63) is 76.0 Å². The van der Waals surface area contributed by atoms with E-state index >= 15 is 0 Å². The van der Waals surface area contributed by atoms with Crippen LogP contribution in [-0.4, -0.2) is 4.98 Å². The highest BCUT2D eigenvalue weighted by atomic mass is 35.5. The first-order valence-electron chi connectivity index (χ1n) is 5.99. The molecule has 1 aromatic heterocycles. The lowest BCUT2D eigenvalue weighted by molar-refractivity contribution is 1.09. The van der Waals surface area contributed by atoms with Crippen LogP contribution in [0.25, 0.3) is 10.8 Å². The standard InChI is InChI=1S/C16H11Cl2N/c17-14-4-1-11(2-5-14)7-16-9-13-8-15(18)6-3-12(13)10-19-16/h1-6,8-10H,7H2. The molecule has 1 heterocycles. The van der Waals surface area contributed by atoms with E-state index in [1.165, 1.54) is 5.56 Å². The number of benzene rings is 2. The third-order valence-electron chi connectivity index (χ3n) is 3.04. The fraction of sp³-hybridized carbons (Fsp3) is 0.0625. The fourth-order valence-electron chi connectivity index (χ4n) is 2.07. The Hall–Kier alpha value is -1.57. The smallest absolute Gasteiger partial charge is 0.0453 e. The highest BCUT2D eigenvalue weighted by Crippen LogP contribution is 2.20. The van der Waals surface area contributed by atoms with Gasteiger partial charge in [0.2, 0.25) is 0 Å². The summed E-state index contributed by atoms with van der Waals surface area (Å²) in [5, 5.41) is 3.72. The average Bonchev–Trinajstić information content (AvgIpc) is 2.41. The maximum Gasteiger partial charge on any atom is 0.0453 e. The molecule has 0 spiro atoms. The number of halogens is 2. The molecule has 2 aromatic carbocycles. The third-order valence-corrected chi connectivity index (χ3v) is 3.53. The first-order chi connectivity index (χ1) is 9.20. The van der Waals surface area contributed by atoms with Crippen LogP contribution in [0.3, 0.4) is 0 Å². The van der Waals surface area contributed by atoms with Gasteiger partial charge in [0.1, 0.15) is 0 Å². The van der Waals surface area contributed by atoms with Crippen molar-refractivity contribution < 1.29 is 0 Å². The molecule has 0 aliphatic rings. The lowest BCUT2D eigenvalue weighted by atomic mass is 10.1. The third kappa shape index (κ3) is 2.89. The van der Waals surface area contributed by atoms with Crippen molar-refractivity contribution in [1.29, 1.82) is 0 Å². The van der Waals surface area contributed by atoms with Gasteiger partial charge >= 0.3 is 0 Å². The Morgan fingerprint density at radius 2 is 1.53 bits per heavy atom. The summed E-state index contributed by atoms with van der Waals surface area (Å²) in [6.07, 6.45) is 2.68. The van der Waals surface area contributed by atoms with Crippen LogP contribution in [0.4, 0.5) is 0 Å². The molecule has 1 nitrogen and oxygen atoms in total. The molecule has 0 unspecified atom stereocenters. The van der Waals surface area contributed by atoms with Crippen LogP contribution >= 0.6 is 23.2 Å². The van der Waals surface area contributed by atoms with E-state index in [0.29, 0.717) is 0 Å². The van der Waals surface area contributed by atoms with Crippen molar-refractivity contribution >= 4 is 34.0 Å². The minimum absolute atomic E-state index is 0.746. The van der Waals surface area contributed by atoms with E-state index in [4.69, 9.17) is 23.2 Å². The van der Waals surface area contributed by atoms with Crippen molar-refractivity contribution in [2.45, 2.75) is 6.42 Å². The number of hydrogen-bond donors (Lipinski definition) is 0. The molecule has 19 heavy (non-hydrogen) atoms. The van der Waals surface area contributed by atoms with E-state index in [1.54, 1.807) is 0 Å². The Labute approximate surface area is 121 Å².